The Labute approximate surface area is 120 Å². The minimum Gasteiger partial charge on any atom is -0.467 e. The summed E-state index contributed by atoms with van der Waals surface area (Å²) in [4.78, 5) is 12.0. The summed E-state index contributed by atoms with van der Waals surface area (Å²) < 4.78 is 10.5. The predicted octanol–water partition coefficient (Wildman–Crippen LogP) is 2.57. The second-order valence-corrected chi connectivity index (χ2v) is 4.47. The third-order valence-electron chi connectivity index (χ3n) is 2.92. The molecule has 21 heavy (non-hydrogen) atoms. The van der Waals surface area contributed by atoms with Gasteiger partial charge in [0.25, 0.3) is 5.91 Å². The number of carbonyl (C=O) groups is 1. The summed E-state index contributed by atoms with van der Waals surface area (Å²) in [5.74, 6) is 1.49. The van der Waals surface area contributed by atoms with Crippen molar-refractivity contribution in [1.82, 2.24) is 15.5 Å². The van der Waals surface area contributed by atoms with E-state index in [9.17, 15) is 4.79 Å². The van der Waals surface area contributed by atoms with Gasteiger partial charge in [0.1, 0.15) is 5.76 Å². The molecule has 6 nitrogen and oxygen atoms in total. The highest BCUT2D eigenvalue weighted by atomic mass is 16.4. The van der Waals surface area contributed by atoms with Gasteiger partial charge in [-0.1, -0.05) is 0 Å². The summed E-state index contributed by atoms with van der Waals surface area (Å²) in [6.07, 6.45) is 1.57. The number of hydrogen-bond acceptors (Lipinski definition) is 5. The van der Waals surface area contributed by atoms with Gasteiger partial charge in [-0.15, -0.1) is 10.2 Å². The average molecular weight is 283 g/mol. The van der Waals surface area contributed by atoms with Crippen LogP contribution in [0.1, 0.15) is 22.0 Å². The van der Waals surface area contributed by atoms with Crippen LogP contribution in [-0.2, 0) is 6.54 Å². The highest BCUT2D eigenvalue weighted by Crippen LogP contribution is 2.18. The zero-order valence-corrected chi connectivity index (χ0v) is 11.4. The first-order chi connectivity index (χ1) is 10.2. The van der Waals surface area contributed by atoms with Gasteiger partial charge in [-0.3, -0.25) is 4.79 Å². The van der Waals surface area contributed by atoms with E-state index in [1.54, 1.807) is 49.6 Å². The second-order valence-electron chi connectivity index (χ2n) is 4.47. The Balaban J connectivity index is 1.67. The van der Waals surface area contributed by atoms with Crippen molar-refractivity contribution in [2.75, 3.05) is 0 Å². The summed E-state index contributed by atoms with van der Waals surface area (Å²) in [7, 11) is 0. The number of amides is 1. The standard InChI is InChI=1S/C15H13N3O3/c1-10-17-18-15(21-10)12-6-4-11(5-7-12)14(19)16-9-13-3-2-8-20-13/h2-8H,9H2,1H3,(H,16,19). The Morgan fingerprint density at radius 2 is 2.00 bits per heavy atom. The average Bonchev–Trinajstić information content (AvgIpc) is 3.16. The van der Waals surface area contributed by atoms with Crippen molar-refractivity contribution >= 4 is 5.91 Å². The highest BCUT2D eigenvalue weighted by molar-refractivity contribution is 5.94. The Morgan fingerprint density at radius 3 is 2.62 bits per heavy atom. The summed E-state index contributed by atoms with van der Waals surface area (Å²) in [6.45, 7) is 2.09. The second kappa shape index (κ2) is 5.62. The molecule has 6 heteroatoms. The molecular weight excluding hydrogens is 270 g/mol. The summed E-state index contributed by atoms with van der Waals surface area (Å²) in [5.41, 5.74) is 1.33. The number of furan rings is 1. The number of benzene rings is 1. The zero-order chi connectivity index (χ0) is 14.7. The lowest BCUT2D eigenvalue weighted by atomic mass is 10.1. The Morgan fingerprint density at radius 1 is 1.19 bits per heavy atom. The van der Waals surface area contributed by atoms with E-state index in [0.29, 0.717) is 29.6 Å². The van der Waals surface area contributed by atoms with Crippen LogP contribution in [0.4, 0.5) is 0 Å². The fourth-order valence-corrected chi connectivity index (χ4v) is 1.86. The minimum atomic E-state index is -0.167. The van der Waals surface area contributed by atoms with Gasteiger partial charge in [0.15, 0.2) is 0 Å². The lowest BCUT2D eigenvalue weighted by Crippen LogP contribution is -2.22. The largest absolute Gasteiger partial charge is 0.467 e. The number of aromatic nitrogens is 2. The maximum absolute atomic E-state index is 12.0. The topological polar surface area (TPSA) is 81.2 Å². The molecule has 1 N–H and O–H groups in total. The van der Waals surface area contributed by atoms with E-state index in [4.69, 9.17) is 8.83 Å². The number of aryl methyl sites for hydroxylation is 1. The van der Waals surface area contributed by atoms with Gasteiger partial charge in [-0.05, 0) is 36.4 Å². The Hall–Kier alpha value is -2.89. The van der Waals surface area contributed by atoms with Crippen molar-refractivity contribution in [3.63, 3.8) is 0 Å². The molecular formula is C15H13N3O3. The summed E-state index contributed by atoms with van der Waals surface area (Å²) in [6, 6.07) is 10.6. The molecule has 1 amide bonds. The van der Waals surface area contributed by atoms with Gasteiger partial charge in [0.05, 0.1) is 12.8 Å². The van der Waals surface area contributed by atoms with Crippen LogP contribution in [-0.4, -0.2) is 16.1 Å². The van der Waals surface area contributed by atoms with Crippen molar-refractivity contribution in [1.29, 1.82) is 0 Å². The molecule has 0 spiro atoms. The van der Waals surface area contributed by atoms with E-state index in [2.05, 4.69) is 15.5 Å². The smallest absolute Gasteiger partial charge is 0.251 e. The van der Waals surface area contributed by atoms with Gasteiger partial charge in [-0.25, -0.2) is 0 Å². The van der Waals surface area contributed by atoms with Crippen molar-refractivity contribution in [2.45, 2.75) is 13.5 Å². The number of rotatable bonds is 4. The van der Waals surface area contributed by atoms with Crippen LogP contribution >= 0.6 is 0 Å². The Kier molecular flexibility index (Phi) is 3.51. The molecule has 0 radical (unpaired) electrons. The number of carbonyl (C=O) groups excluding carboxylic acids is 1. The molecule has 0 bridgehead atoms. The van der Waals surface area contributed by atoms with Crippen LogP contribution in [0.5, 0.6) is 0 Å². The van der Waals surface area contributed by atoms with Crippen molar-refractivity contribution in [2.24, 2.45) is 0 Å². The van der Waals surface area contributed by atoms with Gasteiger partial charge >= 0.3 is 0 Å². The van der Waals surface area contributed by atoms with Crippen molar-refractivity contribution in [3.05, 3.63) is 59.9 Å². The quantitative estimate of drug-likeness (QED) is 0.795. The molecule has 3 aromatic rings. The maximum atomic E-state index is 12.0. The molecule has 2 aromatic heterocycles. The van der Waals surface area contributed by atoms with Gasteiger partial charge in [-0.2, -0.15) is 0 Å². The van der Waals surface area contributed by atoms with Gasteiger partial charge < -0.3 is 14.2 Å². The first-order valence-electron chi connectivity index (χ1n) is 6.43. The molecule has 0 fully saturated rings. The first kappa shape index (κ1) is 13.1. The monoisotopic (exact) mass is 283 g/mol. The predicted molar refractivity (Wildman–Crippen MR) is 74.3 cm³/mol. The number of nitrogens with zero attached hydrogens (tertiary/aromatic N) is 2. The van der Waals surface area contributed by atoms with Crippen LogP contribution in [0.15, 0.2) is 51.5 Å². The van der Waals surface area contributed by atoms with Crippen molar-refractivity contribution in [3.8, 4) is 11.5 Å². The minimum absolute atomic E-state index is 0.167. The molecule has 3 rings (SSSR count). The number of nitrogens with one attached hydrogen (secondary N) is 1. The lowest BCUT2D eigenvalue weighted by Gasteiger charge is -2.03. The zero-order valence-electron chi connectivity index (χ0n) is 11.4. The highest BCUT2D eigenvalue weighted by Gasteiger charge is 2.09. The molecule has 0 saturated carbocycles. The van der Waals surface area contributed by atoms with Crippen LogP contribution in [0.25, 0.3) is 11.5 Å². The van der Waals surface area contributed by atoms with E-state index in [-0.39, 0.29) is 5.91 Å². The van der Waals surface area contributed by atoms with Crippen LogP contribution in [0.3, 0.4) is 0 Å². The third-order valence-corrected chi connectivity index (χ3v) is 2.92. The number of hydrogen-bond donors (Lipinski definition) is 1. The van der Waals surface area contributed by atoms with E-state index in [1.165, 1.54) is 0 Å². The summed E-state index contributed by atoms with van der Waals surface area (Å²) >= 11 is 0. The van der Waals surface area contributed by atoms with E-state index < -0.39 is 0 Å². The van der Waals surface area contributed by atoms with Crippen LogP contribution in [0.2, 0.25) is 0 Å². The maximum Gasteiger partial charge on any atom is 0.251 e. The SMILES string of the molecule is Cc1nnc(-c2ccc(C(=O)NCc3ccco3)cc2)o1. The van der Waals surface area contributed by atoms with Gasteiger partial charge in [0, 0.05) is 18.1 Å². The molecule has 0 aliphatic carbocycles. The fourth-order valence-electron chi connectivity index (χ4n) is 1.86. The molecule has 106 valence electrons. The van der Waals surface area contributed by atoms with Crippen LogP contribution in [0, 0.1) is 6.92 Å². The van der Waals surface area contributed by atoms with Crippen molar-refractivity contribution < 1.29 is 13.6 Å². The first-order valence-corrected chi connectivity index (χ1v) is 6.43. The Bertz CT molecular complexity index is 730. The van der Waals surface area contributed by atoms with E-state index in [0.717, 1.165) is 5.56 Å². The summed E-state index contributed by atoms with van der Waals surface area (Å²) in [5, 5.41) is 10.5. The molecule has 0 saturated heterocycles. The molecule has 0 aliphatic rings. The third kappa shape index (κ3) is 3.00. The normalized spacial score (nSPS) is 10.5. The fraction of sp³-hybridized carbons (Fsp3) is 0.133. The van der Waals surface area contributed by atoms with E-state index >= 15 is 0 Å². The molecule has 0 atom stereocenters. The molecule has 0 unspecified atom stereocenters. The van der Waals surface area contributed by atoms with E-state index in [1.807, 2.05) is 0 Å². The molecule has 2 heterocycles. The van der Waals surface area contributed by atoms with Gasteiger partial charge in [0.2, 0.25) is 11.8 Å². The van der Waals surface area contributed by atoms with Crippen LogP contribution < -0.4 is 5.32 Å². The molecule has 0 aliphatic heterocycles. The molecule has 1 aromatic carbocycles. The lowest BCUT2D eigenvalue weighted by molar-refractivity contribution is 0.0948.